The molecule has 112 valence electrons. The van der Waals surface area contributed by atoms with Crippen molar-refractivity contribution in [2.24, 2.45) is 0 Å². The topological polar surface area (TPSA) is 38.7 Å². The summed E-state index contributed by atoms with van der Waals surface area (Å²) in [5.41, 5.74) is 5.08. The third-order valence-electron chi connectivity index (χ3n) is 3.76. The van der Waals surface area contributed by atoms with E-state index in [4.69, 9.17) is 4.98 Å². The summed E-state index contributed by atoms with van der Waals surface area (Å²) in [4.78, 5) is 15.0. The summed E-state index contributed by atoms with van der Waals surface area (Å²) in [6, 6.07) is 16.3. The molecule has 0 unspecified atom stereocenters. The van der Waals surface area contributed by atoms with Gasteiger partial charge in [-0.1, -0.05) is 24.3 Å². The molecular weight excluding hydrogens is 302 g/mol. The van der Waals surface area contributed by atoms with E-state index in [0.717, 1.165) is 43.4 Å². The fourth-order valence-corrected chi connectivity index (χ4v) is 3.66. The number of hydrogen-bond acceptors (Lipinski definition) is 4. The minimum absolute atomic E-state index is 0.978. The average molecular weight is 317 g/mol. The van der Waals surface area contributed by atoms with Gasteiger partial charge in [-0.25, -0.2) is 4.98 Å². The molecule has 0 bridgehead atoms. The molecule has 4 heteroatoms. The lowest BCUT2D eigenvalue weighted by Crippen LogP contribution is -1.89. The number of fused-ring (bicyclic) bond motifs is 1. The second-order valence-electron chi connectivity index (χ2n) is 5.45. The molecule has 0 saturated carbocycles. The van der Waals surface area contributed by atoms with Gasteiger partial charge in [0.25, 0.3) is 0 Å². The zero-order valence-electron chi connectivity index (χ0n) is 12.9. The molecule has 0 saturated heterocycles. The number of pyridine rings is 2. The van der Waals surface area contributed by atoms with Gasteiger partial charge in [0.2, 0.25) is 0 Å². The van der Waals surface area contributed by atoms with E-state index in [0.29, 0.717) is 0 Å². The molecule has 0 N–H and O–H groups in total. The van der Waals surface area contributed by atoms with Crippen molar-refractivity contribution >= 4 is 22.2 Å². The normalized spacial score (nSPS) is 11.0. The summed E-state index contributed by atoms with van der Waals surface area (Å²) >= 11 is 1.69. The van der Waals surface area contributed by atoms with E-state index < -0.39 is 0 Å². The largest absolute Gasteiger partial charge is 0.256 e. The molecule has 0 radical (unpaired) electrons. The summed E-state index contributed by atoms with van der Waals surface area (Å²) in [6.45, 7) is 4.05. The first-order valence-electron chi connectivity index (χ1n) is 7.48. The summed E-state index contributed by atoms with van der Waals surface area (Å²) in [5, 5.41) is 2.16. The van der Waals surface area contributed by atoms with E-state index >= 15 is 0 Å². The lowest BCUT2D eigenvalue weighted by Gasteiger charge is -2.06. The Morgan fingerprint density at radius 2 is 1.74 bits per heavy atom. The Kier molecular flexibility index (Phi) is 3.39. The Hall–Kier alpha value is -2.59. The maximum absolute atomic E-state index is 4.79. The van der Waals surface area contributed by atoms with Crippen molar-refractivity contribution in [1.29, 1.82) is 0 Å². The van der Waals surface area contributed by atoms with Crippen molar-refractivity contribution in [1.82, 2.24) is 15.0 Å². The van der Waals surface area contributed by atoms with Crippen LogP contribution < -0.4 is 0 Å². The van der Waals surface area contributed by atoms with Crippen LogP contribution in [0.2, 0.25) is 0 Å². The van der Waals surface area contributed by atoms with Crippen LogP contribution in [0.5, 0.6) is 0 Å². The number of aryl methyl sites for hydroxylation is 2. The number of aromatic nitrogens is 3. The first-order chi connectivity index (χ1) is 11.2. The van der Waals surface area contributed by atoms with Crippen LogP contribution in [-0.4, -0.2) is 15.0 Å². The van der Waals surface area contributed by atoms with Gasteiger partial charge in [-0.2, -0.15) is 0 Å². The maximum atomic E-state index is 4.79. The Morgan fingerprint density at radius 3 is 2.61 bits per heavy atom. The summed E-state index contributed by atoms with van der Waals surface area (Å²) in [6.07, 6.45) is 1.85. The Bertz CT molecular complexity index is 999. The lowest BCUT2D eigenvalue weighted by molar-refractivity contribution is 1.21. The van der Waals surface area contributed by atoms with Crippen molar-refractivity contribution in [3.8, 4) is 21.8 Å². The van der Waals surface area contributed by atoms with Crippen LogP contribution in [0.3, 0.4) is 0 Å². The van der Waals surface area contributed by atoms with Crippen LogP contribution >= 0.6 is 11.3 Å². The summed E-state index contributed by atoms with van der Waals surface area (Å²) < 4.78 is 0. The van der Waals surface area contributed by atoms with Crippen LogP contribution in [0.4, 0.5) is 0 Å². The molecule has 0 aliphatic heterocycles. The van der Waals surface area contributed by atoms with E-state index in [1.165, 1.54) is 0 Å². The fourth-order valence-electron chi connectivity index (χ4n) is 2.76. The predicted molar refractivity (Wildman–Crippen MR) is 95.6 cm³/mol. The van der Waals surface area contributed by atoms with Gasteiger partial charge in [-0.05, 0) is 38.1 Å². The highest BCUT2D eigenvalue weighted by Crippen LogP contribution is 2.38. The van der Waals surface area contributed by atoms with Gasteiger partial charge in [0.1, 0.15) is 0 Å². The van der Waals surface area contributed by atoms with Crippen molar-refractivity contribution in [2.75, 3.05) is 0 Å². The maximum Gasteiger partial charge on any atom is 0.0917 e. The zero-order valence-corrected chi connectivity index (χ0v) is 13.8. The minimum atomic E-state index is 0.978. The number of nitrogens with zero attached hydrogens (tertiary/aromatic N) is 3. The summed E-state index contributed by atoms with van der Waals surface area (Å²) in [7, 11) is 0. The fraction of sp³-hybridized carbons (Fsp3) is 0.105. The van der Waals surface area contributed by atoms with Gasteiger partial charge in [0.05, 0.1) is 26.8 Å². The van der Waals surface area contributed by atoms with Gasteiger partial charge in [0, 0.05) is 22.8 Å². The van der Waals surface area contributed by atoms with E-state index in [1.54, 1.807) is 11.3 Å². The SMILES string of the molecule is Cc1cccc(-c2sc(C)nc2-c2ccnc3ccccc23)n1. The average Bonchev–Trinajstić information content (AvgIpc) is 2.96. The number of benzene rings is 1. The monoisotopic (exact) mass is 317 g/mol. The second kappa shape index (κ2) is 5.56. The first-order valence-corrected chi connectivity index (χ1v) is 8.29. The van der Waals surface area contributed by atoms with Crippen LogP contribution in [0.25, 0.3) is 32.7 Å². The minimum Gasteiger partial charge on any atom is -0.256 e. The molecule has 0 amide bonds. The number of rotatable bonds is 2. The molecule has 0 spiro atoms. The number of para-hydroxylation sites is 1. The quantitative estimate of drug-likeness (QED) is 0.520. The molecule has 1 aromatic carbocycles. The molecular formula is C19H15N3S. The van der Waals surface area contributed by atoms with Crippen molar-refractivity contribution in [3.05, 3.63) is 65.4 Å². The second-order valence-corrected chi connectivity index (χ2v) is 6.65. The lowest BCUT2D eigenvalue weighted by atomic mass is 10.0. The van der Waals surface area contributed by atoms with Crippen LogP contribution in [0.1, 0.15) is 10.7 Å². The molecule has 4 rings (SSSR count). The molecule has 4 aromatic rings. The molecule has 0 fully saturated rings. The highest BCUT2D eigenvalue weighted by Gasteiger charge is 2.16. The highest BCUT2D eigenvalue weighted by molar-refractivity contribution is 7.15. The van der Waals surface area contributed by atoms with Crippen LogP contribution in [-0.2, 0) is 0 Å². The number of hydrogen-bond donors (Lipinski definition) is 0. The zero-order chi connectivity index (χ0) is 15.8. The molecule has 3 aromatic heterocycles. The van der Waals surface area contributed by atoms with E-state index in [2.05, 4.69) is 16.0 Å². The Balaban J connectivity index is 1.99. The predicted octanol–water partition coefficient (Wildman–Crippen LogP) is 5.04. The van der Waals surface area contributed by atoms with Gasteiger partial charge < -0.3 is 0 Å². The van der Waals surface area contributed by atoms with Crippen LogP contribution in [0, 0.1) is 13.8 Å². The van der Waals surface area contributed by atoms with E-state index in [-0.39, 0.29) is 0 Å². The highest BCUT2D eigenvalue weighted by atomic mass is 32.1. The number of thiazole rings is 1. The molecule has 23 heavy (non-hydrogen) atoms. The van der Waals surface area contributed by atoms with Gasteiger partial charge >= 0.3 is 0 Å². The van der Waals surface area contributed by atoms with E-state index in [1.807, 2.05) is 62.5 Å². The van der Waals surface area contributed by atoms with E-state index in [9.17, 15) is 0 Å². The first kappa shape index (κ1) is 14.0. The van der Waals surface area contributed by atoms with Crippen molar-refractivity contribution in [2.45, 2.75) is 13.8 Å². The molecule has 0 aliphatic carbocycles. The standard InChI is InChI=1S/C19H15N3S/c1-12-6-5-9-17(21-12)19-18(22-13(2)23-19)15-10-11-20-16-8-4-3-7-14(15)16/h3-11H,1-2H3. The smallest absolute Gasteiger partial charge is 0.0917 e. The van der Waals surface area contributed by atoms with Gasteiger partial charge in [-0.3, -0.25) is 9.97 Å². The molecule has 0 atom stereocenters. The third kappa shape index (κ3) is 2.51. The Labute approximate surface area is 138 Å². The Morgan fingerprint density at radius 1 is 0.870 bits per heavy atom. The van der Waals surface area contributed by atoms with Gasteiger partial charge in [0.15, 0.2) is 0 Å². The summed E-state index contributed by atoms with van der Waals surface area (Å²) in [5.74, 6) is 0. The van der Waals surface area contributed by atoms with Crippen molar-refractivity contribution in [3.63, 3.8) is 0 Å². The van der Waals surface area contributed by atoms with Gasteiger partial charge in [-0.15, -0.1) is 11.3 Å². The molecule has 0 aliphatic rings. The molecule has 3 heterocycles. The van der Waals surface area contributed by atoms with Crippen LogP contribution in [0.15, 0.2) is 54.7 Å². The molecule has 3 nitrogen and oxygen atoms in total. The van der Waals surface area contributed by atoms with Crippen molar-refractivity contribution < 1.29 is 0 Å². The third-order valence-corrected chi connectivity index (χ3v) is 4.75.